The molecule has 1 aromatic carbocycles. The third kappa shape index (κ3) is 5.56. The molecule has 25 heavy (non-hydrogen) atoms. The number of rotatable bonds is 9. The molecule has 0 amide bonds. The van der Waals surface area contributed by atoms with Gasteiger partial charge in [-0.2, -0.15) is 0 Å². The Hall–Kier alpha value is -2.41. The summed E-state index contributed by atoms with van der Waals surface area (Å²) >= 11 is 0. The lowest BCUT2D eigenvalue weighted by Crippen LogP contribution is -2.38. The minimum Gasteiger partial charge on any atom is -0.381 e. The van der Waals surface area contributed by atoms with E-state index in [0.29, 0.717) is 6.54 Å². The average molecular weight is 342 g/mol. The second-order valence-corrected chi connectivity index (χ2v) is 6.18. The fraction of sp³-hybridized carbons (Fsp3) is 0.500. The van der Waals surface area contributed by atoms with E-state index in [0.717, 1.165) is 49.6 Å². The molecule has 1 aliphatic carbocycles. The zero-order valence-corrected chi connectivity index (χ0v) is 14.7. The van der Waals surface area contributed by atoms with Crippen LogP contribution in [0.1, 0.15) is 25.1 Å². The lowest BCUT2D eigenvalue weighted by Gasteiger charge is -2.12. The summed E-state index contributed by atoms with van der Waals surface area (Å²) in [7, 11) is 1.76. The average Bonchev–Trinajstić information content (AvgIpc) is 3.36. The minimum atomic E-state index is 0.548. The number of nitrogens with zero attached hydrogens (tertiary/aromatic N) is 4. The number of hydrogen-bond donors (Lipinski definition) is 2. The highest BCUT2D eigenvalue weighted by molar-refractivity contribution is 5.79. The predicted molar refractivity (Wildman–Crippen MR) is 97.7 cm³/mol. The van der Waals surface area contributed by atoms with Crippen molar-refractivity contribution in [1.82, 2.24) is 25.4 Å². The molecule has 1 fully saturated rings. The van der Waals surface area contributed by atoms with Gasteiger partial charge in [0.05, 0.1) is 6.54 Å². The third-order valence-corrected chi connectivity index (χ3v) is 4.10. The largest absolute Gasteiger partial charge is 0.381 e. The van der Waals surface area contributed by atoms with Crippen molar-refractivity contribution in [3.63, 3.8) is 0 Å². The van der Waals surface area contributed by atoms with Crippen molar-refractivity contribution in [2.45, 2.75) is 25.8 Å². The Kier molecular flexibility index (Phi) is 6.39. The summed E-state index contributed by atoms with van der Waals surface area (Å²) in [6.07, 6.45) is 5.36. The highest BCUT2D eigenvalue weighted by atomic mass is 16.5. The second-order valence-electron chi connectivity index (χ2n) is 6.18. The van der Waals surface area contributed by atoms with Gasteiger partial charge in [-0.1, -0.05) is 18.2 Å². The highest BCUT2D eigenvalue weighted by Crippen LogP contribution is 2.28. The van der Waals surface area contributed by atoms with E-state index in [2.05, 4.69) is 25.8 Å². The van der Waals surface area contributed by atoms with Crippen LogP contribution in [-0.2, 0) is 11.3 Å². The number of nitrogens with one attached hydrogen (secondary N) is 2. The Morgan fingerprint density at radius 1 is 1.28 bits per heavy atom. The van der Waals surface area contributed by atoms with Crippen LogP contribution in [0.15, 0.2) is 41.7 Å². The Bertz CT molecular complexity index is 665. The molecule has 134 valence electrons. The van der Waals surface area contributed by atoms with Gasteiger partial charge in [0.1, 0.15) is 6.33 Å². The number of aromatic nitrogens is 3. The Labute approximate surface area is 148 Å². The van der Waals surface area contributed by atoms with Crippen molar-refractivity contribution in [2.24, 2.45) is 10.9 Å². The molecule has 0 radical (unpaired) electrons. The monoisotopic (exact) mass is 342 g/mol. The minimum absolute atomic E-state index is 0.548. The van der Waals surface area contributed by atoms with Crippen molar-refractivity contribution in [3.8, 4) is 5.69 Å². The van der Waals surface area contributed by atoms with Gasteiger partial charge in [0.15, 0.2) is 11.8 Å². The van der Waals surface area contributed by atoms with Gasteiger partial charge in [0.2, 0.25) is 0 Å². The van der Waals surface area contributed by atoms with Crippen LogP contribution < -0.4 is 10.6 Å². The van der Waals surface area contributed by atoms with Gasteiger partial charge in [-0.15, -0.1) is 10.2 Å². The van der Waals surface area contributed by atoms with Crippen LogP contribution >= 0.6 is 0 Å². The van der Waals surface area contributed by atoms with Gasteiger partial charge in [0.25, 0.3) is 0 Å². The molecule has 1 saturated carbocycles. The van der Waals surface area contributed by atoms with Gasteiger partial charge < -0.3 is 15.4 Å². The zero-order chi connectivity index (χ0) is 17.3. The van der Waals surface area contributed by atoms with Gasteiger partial charge in [-0.3, -0.25) is 9.56 Å². The van der Waals surface area contributed by atoms with Gasteiger partial charge in [-0.05, 0) is 37.3 Å². The maximum absolute atomic E-state index is 5.63. The van der Waals surface area contributed by atoms with Gasteiger partial charge in [0, 0.05) is 32.5 Å². The van der Waals surface area contributed by atoms with Crippen molar-refractivity contribution < 1.29 is 4.74 Å². The number of aliphatic imine (C=N–C) groups is 1. The molecule has 3 rings (SSSR count). The van der Waals surface area contributed by atoms with Crippen molar-refractivity contribution in [2.75, 3.05) is 26.8 Å². The fourth-order valence-corrected chi connectivity index (χ4v) is 2.48. The predicted octanol–water partition coefficient (Wildman–Crippen LogP) is 1.75. The van der Waals surface area contributed by atoms with Crippen molar-refractivity contribution in [3.05, 3.63) is 42.5 Å². The summed E-state index contributed by atoms with van der Waals surface area (Å²) in [4.78, 5) is 4.24. The van der Waals surface area contributed by atoms with E-state index < -0.39 is 0 Å². The molecule has 1 aromatic heterocycles. The van der Waals surface area contributed by atoms with Crippen LogP contribution in [0.4, 0.5) is 0 Å². The standard InChI is InChI=1S/C18H26N6O/c1-19-18(20-10-5-11-25-13-15-8-9-15)21-12-17-23-22-14-24(17)16-6-3-2-4-7-16/h2-4,6-7,14-15H,5,8-13H2,1H3,(H2,19,20,21). The zero-order valence-electron chi connectivity index (χ0n) is 14.7. The van der Waals surface area contributed by atoms with Crippen molar-refractivity contribution in [1.29, 1.82) is 0 Å². The lowest BCUT2D eigenvalue weighted by atomic mass is 10.3. The first-order chi connectivity index (χ1) is 12.4. The van der Waals surface area contributed by atoms with Crippen LogP contribution in [-0.4, -0.2) is 47.5 Å². The van der Waals surface area contributed by atoms with E-state index in [-0.39, 0.29) is 0 Å². The maximum atomic E-state index is 5.63. The lowest BCUT2D eigenvalue weighted by molar-refractivity contribution is 0.123. The van der Waals surface area contributed by atoms with E-state index in [1.165, 1.54) is 12.8 Å². The van der Waals surface area contributed by atoms with E-state index in [1.807, 2.05) is 34.9 Å². The maximum Gasteiger partial charge on any atom is 0.191 e. The number of hydrogen-bond acceptors (Lipinski definition) is 4. The Morgan fingerprint density at radius 2 is 2.12 bits per heavy atom. The number of ether oxygens (including phenoxy) is 1. The van der Waals surface area contributed by atoms with Crippen LogP contribution in [0.5, 0.6) is 0 Å². The number of para-hydroxylation sites is 1. The summed E-state index contributed by atoms with van der Waals surface area (Å²) in [6.45, 7) is 3.09. The molecule has 0 spiro atoms. The molecule has 2 N–H and O–H groups in total. The first-order valence-corrected chi connectivity index (χ1v) is 8.83. The smallest absolute Gasteiger partial charge is 0.191 e. The quantitative estimate of drug-likeness (QED) is 0.412. The van der Waals surface area contributed by atoms with Crippen LogP contribution in [0.3, 0.4) is 0 Å². The van der Waals surface area contributed by atoms with Crippen molar-refractivity contribution >= 4 is 5.96 Å². The molecule has 0 atom stereocenters. The molecular formula is C18H26N6O. The van der Waals surface area contributed by atoms with E-state index in [1.54, 1.807) is 13.4 Å². The molecule has 7 nitrogen and oxygen atoms in total. The van der Waals surface area contributed by atoms with E-state index in [9.17, 15) is 0 Å². The molecule has 1 heterocycles. The number of benzene rings is 1. The third-order valence-electron chi connectivity index (χ3n) is 4.10. The van der Waals surface area contributed by atoms with Crippen LogP contribution in [0.2, 0.25) is 0 Å². The number of guanidine groups is 1. The molecule has 0 saturated heterocycles. The SMILES string of the molecule is CN=C(NCCCOCC1CC1)NCc1nncn1-c1ccccc1. The summed E-state index contributed by atoms with van der Waals surface area (Å²) in [6, 6.07) is 10.0. The Morgan fingerprint density at radius 3 is 2.88 bits per heavy atom. The summed E-state index contributed by atoms with van der Waals surface area (Å²) in [5, 5.41) is 14.8. The highest BCUT2D eigenvalue weighted by Gasteiger charge is 2.20. The second kappa shape index (κ2) is 9.17. The molecule has 2 aromatic rings. The molecule has 7 heteroatoms. The van der Waals surface area contributed by atoms with Gasteiger partial charge >= 0.3 is 0 Å². The van der Waals surface area contributed by atoms with E-state index >= 15 is 0 Å². The Balaban J connectivity index is 1.40. The molecule has 0 aliphatic heterocycles. The molecule has 0 unspecified atom stereocenters. The van der Waals surface area contributed by atoms with E-state index in [4.69, 9.17) is 4.74 Å². The van der Waals surface area contributed by atoms with Gasteiger partial charge in [-0.25, -0.2) is 0 Å². The van der Waals surface area contributed by atoms with Crippen LogP contribution in [0, 0.1) is 5.92 Å². The summed E-state index contributed by atoms with van der Waals surface area (Å²) in [5.74, 6) is 2.41. The summed E-state index contributed by atoms with van der Waals surface area (Å²) < 4.78 is 7.60. The summed E-state index contributed by atoms with van der Waals surface area (Å²) in [5.41, 5.74) is 1.04. The topological polar surface area (TPSA) is 76.4 Å². The first kappa shape index (κ1) is 17.4. The fourth-order valence-electron chi connectivity index (χ4n) is 2.48. The molecule has 1 aliphatic rings. The first-order valence-electron chi connectivity index (χ1n) is 8.83. The molecular weight excluding hydrogens is 316 g/mol. The molecule has 0 bridgehead atoms. The normalized spacial score (nSPS) is 14.5. The van der Waals surface area contributed by atoms with Crippen LogP contribution in [0.25, 0.3) is 5.69 Å².